The average molecular weight is 755 g/mol. The molecule has 2 fully saturated rings. The van der Waals surface area contributed by atoms with Crippen LogP contribution in [-0.4, -0.2) is 23.1 Å². The lowest BCUT2D eigenvalue weighted by Gasteiger charge is -2.47. The van der Waals surface area contributed by atoms with Crippen molar-refractivity contribution in [2.75, 3.05) is 0 Å². The Morgan fingerprint density at radius 1 is 0.482 bits per heavy atom. The van der Waals surface area contributed by atoms with E-state index in [0.29, 0.717) is 11.1 Å². The highest BCUT2D eigenvalue weighted by Gasteiger charge is 2.96. The van der Waals surface area contributed by atoms with Crippen molar-refractivity contribution in [2.45, 2.75) is 168 Å². The molecule has 2 aromatic carbocycles. The Balaban J connectivity index is 1.44. The number of allylic oxidation sites excluding steroid dienone is 6. The van der Waals surface area contributed by atoms with Gasteiger partial charge in [0.2, 0.25) is 0 Å². The Bertz CT molecular complexity index is 1920. The van der Waals surface area contributed by atoms with Crippen LogP contribution in [0.4, 0.5) is 0 Å². The minimum absolute atomic E-state index is 0.0218. The van der Waals surface area contributed by atoms with E-state index < -0.39 is 10.8 Å². The van der Waals surface area contributed by atoms with Gasteiger partial charge in [-0.15, -0.1) is 0 Å². The number of aryl methyl sites for hydroxylation is 4. The third-order valence-electron chi connectivity index (χ3n) is 14.6. The normalized spacial score (nSPS) is 27.0. The molecule has 4 heteroatoms. The van der Waals surface area contributed by atoms with Gasteiger partial charge < -0.3 is 0 Å². The molecule has 2 aromatic rings. The lowest BCUT2D eigenvalue weighted by atomic mass is 9.52. The Labute approximate surface area is 337 Å². The first-order valence-corrected chi connectivity index (χ1v) is 22.8. The minimum atomic E-state index is -1.30. The number of rotatable bonds is 22. The van der Waals surface area contributed by atoms with Crippen LogP contribution >= 0.6 is 0 Å². The fourth-order valence-electron chi connectivity index (χ4n) is 12.1. The zero-order valence-electron chi connectivity index (χ0n) is 34.9. The zero-order chi connectivity index (χ0) is 39.5. The molecular weight excluding hydrogens is 689 g/mol. The molecule has 6 atom stereocenters. The molecule has 298 valence electrons. The SMILES string of the molecule is CCCCCCc1ccc(CCCCCC)c(C2[C@H]3C4=C(C(=O)C=CC4=O)C45C(=O)C=CC(=O)C24[C@H]5[C@@H]3c2cc(CCCCCC)ccc2CCCCCC)c1. The van der Waals surface area contributed by atoms with E-state index in [1.165, 1.54) is 110 Å². The predicted molar refractivity (Wildman–Crippen MR) is 227 cm³/mol. The maximum absolute atomic E-state index is 15.1. The van der Waals surface area contributed by atoms with Crippen LogP contribution in [0.2, 0.25) is 0 Å². The number of unbranched alkanes of at least 4 members (excludes halogenated alkanes) is 12. The number of hydrogen-bond donors (Lipinski definition) is 0. The molecule has 6 aliphatic carbocycles. The number of ketones is 4. The lowest BCUT2D eigenvalue weighted by Crippen LogP contribution is -2.49. The highest BCUT2D eigenvalue weighted by molar-refractivity contribution is 6.30. The van der Waals surface area contributed by atoms with E-state index >= 15 is 4.79 Å². The average Bonchev–Trinajstić information content (AvgIpc) is 3.77. The quantitative estimate of drug-likeness (QED) is 0.0886. The van der Waals surface area contributed by atoms with Gasteiger partial charge in [0.05, 0.1) is 10.8 Å². The van der Waals surface area contributed by atoms with E-state index in [1.807, 2.05) is 0 Å². The van der Waals surface area contributed by atoms with Crippen LogP contribution < -0.4 is 0 Å². The molecule has 0 aromatic heterocycles. The molecule has 2 spiro atoms. The first-order valence-electron chi connectivity index (χ1n) is 22.8. The van der Waals surface area contributed by atoms with Crippen LogP contribution in [-0.2, 0) is 44.9 Å². The number of benzene rings is 2. The molecule has 4 nitrogen and oxygen atoms in total. The highest BCUT2D eigenvalue weighted by Crippen LogP contribution is 2.93. The van der Waals surface area contributed by atoms with Crippen molar-refractivity contribution < 1.29 is 19.2 Å². The van der Waals surface area contributed by atoms with E-state index in [9.17, 15) is 14.4 Å². The zero-order valence-corrected chi connectivity index (χ0v) is 34.9. The smallest absolute Gasteiger partial charge is 0.183 e. The highest BCUT2D eigenvalue weighted by atomic mass is 16.2. The number of carbonyl (C=O) groups excluding carboxylic acids is 4. The summed E-state index contributed by atoms with van der Waals surface area (Å²) in [6, 6.07) is 14.0. The molecule has 0 radical (unpaired) electrons. The second kappa shape index (κ2) is 17.5. The van der Waals surface area contributed by atoms with E-state index in [4.69, 9.17) is 0 Å². The van der Waals surface area contributed by atoms with Crippen LogP contribution in [0.25, 0.3) is 0 Å². The molecule has 0 heterocycles. The molecule has 2 saturated carbocycles. The standard InChI is InChI=1S/C52H66O4/c1-5-9-13-17-21-35-25-27-37(23-19-15-11-7-3)39(33-35)45-47-46-41(53)29-30-42(54)49(46)52-44(56)32-31-43(55)51(52,50(45)52)48(47)40-34-36(22-18-14-10-6-2)26-28-38(40)24-20-16-12-8-4/h25-34,45,47-48,50H,5-24H2,1-4H3/t45-,47-,48?,50-,51?,52?/m1/s1. The fraction of sp³-hybridized carbons (Fsp3) is 0.577. The van der Waals surface area contributed by atoms with Gasteiger partial charge in [-0.05, 0) is 121 Å². The van der Waals surface area contributed by atoms with Gasteiger partial charge >= 0.3 is 0 Å². The molecular formula is C52H66O4. The van der Waals surface area contributed by atoms with Gasteiger partial charge in [0, 0.05) is 23.0 Å². The monoisotopic (exact) mass is 754 g/mol. The molecule has 56 heavy (non-hydrogen) atoms. The molecule has 6 aliphatic rings. The van der Waals surface area contributed by atoms with Gasteiger partial charge in [-0.3, -0.25) is 19.2 Å². The summed E-state index contributed by atoms with van der Waals surface area (Å²) in [5, 5.41) is 0. The van der Waals surface area contributed by atoms with E-state index in [-0.39, 0.29) is 46.8 Å². The van der Waals surface area contributed by atoms with Crippen LogP contribution in [0, 0.1) is 22.7 Å². The number of carbonyl (C=O) groups is 4. The molecule has 3 unspecified atom stereocenters. The molecule has 0 amide bonds. The molecule has 0 aliphatic heterocycles. The Hall–Kier alpha value is -3.66. The van der Waals surface area contributed by atoms with Crippen molar-refractivity contribution >= 4 is 23.1 Å². The summed E-state index contributed by atoms with van der Waals surface area (Å²) in [5.41, 5.74) is 6.00. The summed E-state index contributed by atoms with van der Waals surface area (Å²) in [5.74, 6) is -1.83. The van der Waals surface area contributed by atoms with Gasteiger partial charge in [-0.2, -0.15) is 0 Å². The topological polar surface area (TPSA) is 68.3 Å². The van der Waals surface area contributed by atoms with Crippen molar-refractivity contribution in [3.63, 3.8) is 0 Å². The molecule has 8 rings (SSSR count). The second-order valence-corrected chi connectivity index (χ2v) is 17.9. The van der Waals surface area contributed by atoms with Gasteiger partial charge in [0.15, 0.2) is 23.1 Å². The van der Waals surface area contributed by atoms with Crippen molar-refractivity contribution in [3.05, 3.63) is 105 Å². The Morgan fingerprint density at radius 2 is 0.964 bits per heavy atom. The summed E-state index contributed by atoms with van der Waals surface area (Å²) in [4.78, 5) is 58.6. The summed E-state index contributed by atoms with van der Waals surface area (Å²) >= 11 is 0. The second-order valence-electron chi connectivity index (χ2n) is 17.9. The molecule has 4 bridgehead atoms. The molecule has 0 N–H and O–H groups in total. The lowest BCUT2D eigenvalue weighted by molar-refractivity contribution is -0.131. The van der Waals surface area contributed by atoms with Crippen molar-refractivity contribution in [2.24, 2.45) is 22.7 Å². The summed E-state index contributed by atoms with van der Waals surface area (Å²) in [6.45, 7) is 8.96. The minimum Gasteiger partial charge on any atom is -0.294 e. The third-order valence-corrected chi connectivity index (χ3v) is 14.6. The van der Waals surface area contributed by atoms with Gasteiger partial charge in [-0.25, -0.2) is 0 Å². The molecule has 0 saturated heterocycles. The van der Waals surface area contributed by atoms with E-state index in [2.05, 4.69) is 64.1 Å². The van der Waals surface area contributed by atoms with E-state index in [1.54, 1.807) is 0 Å². The van der Waals surface area contributed by atoms with Gasteiger partial charge in [0.1, 0.15) is 0 Å². The van der Waals surface area contributed by atoms with Crippen LogP contribution in [0.1, 0.15) is 176 Å². The van der Waals surface area contributed by atoms with Crippen LogP contribution in [0.5, 0.6) is 0 Å². The first kappa shape index (κ1) is 40.5. The van der Waals surface area contributed by atoms with Crippen LogP contribution in [0.3, 0.4) is 0 Å². The van der Waals surface area contributed by atoms with Gasteiger partial charge in [0.25, 0.3) is 0 Å². The summed E-state index contributed by atoms with van der Waals surface area (Å²) < 4.78 is 0. The maximum atomic E-state index is 15.1. The van der Waals surface area contributed by atoms with E-state index in [0.717, 1.165) is 76.2 Å². The summed E-state index contributed by atoms with van der Waals surface area (Å²) in [6.07, 6.45) is 28.1. The first-order chi connectivity index (χ1) is 27.3. The Kier molecular flexibility index (Phi) is 12.6. The third kappa shape index (κ3) is 6.69. The Morgan fingerprint density at radius 3 is 1.52 bits per heavy atom. The fourth-order valence-corrected chi connectivity index (χ4v) is 12.1. The van der Waals surface area contributed by atoms with Crippen molar-refractivity contribution in [1.29, 1.82) is 0 Å². The van der Waals surface area contributed by atoms with Crippen molar-refractivity contribution in [3.8, 4) is 0 Å². The number of hydrogen-bond acceptors (Lipinski definition) is 4. The van der Waals surface area contributed by atoms with Crippen molar-refractivity contribution in [1.82, 2.24) is 0 Å². The maximum Gasteiger partial charge on any atom is 0.183 e. The largest absolute Gasteiger partial charge is 0.294 e. The predicted octanol–water partition coefficient (Wildman–Crippen LogP) is 12.0. The van der Waals surface area contributed by atoms with Crippen LogP contribution in [0.15, 0.2) is 71.8 Å². The van der Waals surface area contributed by atoms with Gasteiger partial charge in [-0.1, -0.05) is 141 Å². The summed E-state index contributed by atoms with van der Waals surface area (Å²) in [7, 11) is 0.